The van der Waals surface area contributed by atoms with E-state index in [1.54, 1.807) is 25.1 Å². The number of hydrogen-bond acceptors (Lipinski definition) is 6. The minimum atomic E-state index is -3.29. The number of aromatic nitrogens is 1. The molecule has 26 heavy (non-hydrogen) atoms. The number of thioether (sulfide) groups is 1. The molecule has 0 saturated carbocycles. The number of anilines is 1. The number of likely N-dealkylation sites (tertiary alicyclic amines) is 1. The monoisotopic (exact) mass is 413 g/mol. The van der Waals surface area contributed by atoms with Gasteiger partial charge in [0.1, 0.15) is 0 Å². The molecule has 6 nitrogen and oxygen atoms in total. The molecule has 1 amide bonds. The van der Waals surface area contributed by atoms with Gasteiger partial charge in [0, 0.05) is 13.1 Å². The van der Waals surface area contributed by atoms with Gasteiger partial charge in [0.25, 0.3) is 0 Å². The summed E-state index contributed by atoms with van der Waals surface area (Å²) in [6.45, 7) is 5.48. The maximum Gasteiger partial charge on any atom is 0.233 e. The van der Waals surface area contributed by atoms with Crippen LogP contribution in [-0.4, -0.2) is 48.8 Å². The van der Waals surface area contributed by atoms with E-state index in [4.69, 9.17) is 0 Å². The third-order valence-electron chi connectivity index (χ3n) is 4.35. The minimum absolute atomic E-state index is 0.0338. The van der Waals surface area contributed by atoms with Gasteiger partial charge in [-0.25, -0.2) is 13.4 Å². The normalized spacial score (nSPS) is 18.2. The lowest BCUT2D eigenvalue weighted by Crippen LogP contribution is -2.40. The quantitative estimate of drug-likeness (QED) is 0.734. The Labute approximate surface area is 162 Å². The molecule has 1 fully saturated rings. The van der Waals surface area contributed by atoms with E-state index >= 15 is 0 Å². The molecule has 1 aliphatic rings. The van der Waals surface area contributed by atoms with E-state index in [1.165, 1.54) is 29.5 Å². The molecule has 1 aromatic heterocycles. The molecule has 2 heterocycles. The van der Waals surface area contributed by atoms with Crippen molar-refractivity contribution in [2.75, 3.05) is 29.3 Å². The zero-order chi connectivity index (χ0) is 18.7. The molecule has 1 aromatic carbocycles. The lowest BCUT2D eigenvalue weighted by Gasteiger charge is -2.30. The van der Waals surface area contributed by atoms with Crippen molar-refractivity contribution < 1.29 is 13.2 Å². The van der Waals surface area contributed by atoms with Crippen molar-refractivity contribution in [3.05, 3.63) is 18.2 Å². The van der Waals surface area contributed by atoms with Crippen molar-refractivity contribution in [3.8, 4) is 0 Å². The Kier molecular flexibility index (Phi) is 6.09. The number of thiazole rings is 1. The van der Waals surface area contributed by atoms with Crippen LogP contribution in [0.1, 0.15) is 26.7 Å². The van der Waals surface area contributed by atoms with Crippen LogP contribution in [0.25, 0.3) is 10.2 Å². The Morgan fingerprint density at radius 1 is 1.46 bits per heavy atom. The van der Waals surface area contributed by atoms with Gasteiger partial charge < -0.3 is 4.90 Å². The first kappa shape index (κ1) is 19.4. The fourth-order valence-corrected chi connectivity index (χ4v) is 5.55. The molecule has 1 aliphatic heterocycles. The number of amides is 1. The highest BCUT2D eigenvalue weighted by atomic mass is 32.2. The summed E-state index contributed by atoms with van der Waals surface area (Å²) in [5, 5.41) is 0. The molecular formula is C17H23N3O3S3. The number of carbonyl (C=O) groups is 1. The number of sulfonamides is 1. The SMILES string of the molecule is CCS(=O)(=O)Nc1ccc2nc(SCC(=O)N3CCC[C@H](C)C3)sc2c1. The molecule has 0 unspecified atom stereocenters. The summed E-state index contributed by atoms with van der Waals surface area (Å²) in [7, 11) is -3.29. The summed E-state index contributed by atoms with van der Waals surface area (Å²) in [6, 6.07) is 5.31. The maximum absolute atomic E-state index is 12.4. The Hall–Kier alpha value is -1.32. The van der Waals surface area contributed by atoms with E-state index in [2.05, 4.69) is 16.6 Å². The van der Waals surface area contributed by atoms with E-state index in [0.717, 1.165) is 34.1 Å². The van der Waals surface area contributed by atoms with Gasteiger partial charge in [-0.15, -0.1) is 11.3 Å². The number of nitrogens with one attached hydrogen (secondary N) is 1. The highest BCUT2D eigenvalue weighted by Gasteiger charge is 2.21. The van der Waals surface area contributed by atoms with Crippen LogP contribution < -0.4 is 4.72 Å². The average Bonchev–Trinajstić information content (AvgIpc) is 3.01. The molecular weight excluding hydrogens is 390 g/mol. The third-order valence-corrected chi connectivity index (χ3v) is 7.80. The summed E-state index contributed by atoms with van der Waals surface area (Å²) >= 11 is 2.93. The van der Waals surface area contributed by atoms with Crippen molar-refractivity contribution in [1.82, 2.24) is 9.88 Å². The van der Waals surface area contributed by atoms with Gasteiger partial charge in [-0.1, -0.05) is 18.7 Å². The first-order valence-corrected chi connectivity index (χ1v) is 12.1. The lowest BCUT2D eigenvalue weighted by atomic mass is 10.0. The second kappa shape index (κ2) is 8.14. The predicted molar refractivity (Wildman–Crippen MR) is 108 cm³/mol. The Balaban J connectivity index is 1.64. The number of nitrogens with zero attached hydrogens (tertiary/aromatic N) is 2. The van der Waals surface area contributed by atoms with Crippen LogP contribution >= 0.6 is 23.1 Å². The molecule has 1 N–H and O–H groups in total. The van der Waals surface area contributed by atoms with Crippen LogP contribution in [0.3, 0.4) is 0 Å². The summed E-state index contributed by atoms with van der Waals surface area (Å²) in [6.07, 6.45) is 2.27. The molecule has 9 heteroatoms. The Bertz CT molecular complexity index is 895. The second-order valence-electron chi connectivity index (χ2n) is 6.54. The first-order chi connectivity index (χ1) is 12.4. The summed E-state index contributed by atoms with van der Waals surface area (Å²) in [5.41, 5.74) is 1.36. The summed E-state index contributed by atoms with van der Waals surface area (Å²) < 4.78 is 27.7. The van der Waals surface area contributed by atoms with Crippen molar-refractivity contribution in [2.24, 2.45) is 5.92 Å². The maximum atomic E-state index is 12.4. The molecule has 0 aliphatic carbocycles. The Morgan fingerprint density at radius 2 is 2.27 bits per heavy atom. The summed E-state index contributed by atoms with van der Waals surface area (Å²) in [5.74, 6) is 1.16. The Morgan fingerprint density at radius 3 is 3.00 bits per heavy atom. The highest BCUT2D eigenvalue weighted by Crippen LogP contribution is 2.32. The van der Waals surface area contributed by atoms with E-state index in [0.29, 0.717) is 17.4 Å². The van der Waals surface area contributed by atoms with Crippen molar-refractivity contribution in [1.29, 1.82) is 0 Å². The number of fused-ring (bicyclic) bond motifs is 1. The molecule has 2 aromatic rings. The van der Waals surface area contributed by atoms with Crippen LogP contribution in [0.2, 0.25) is 0 Å². The highest BCUT2D eigenvalue weighted by molar-refractivity contribution is 8.01. The van der Waals surface area contributed by atoms with E-state index in [9.17, 15) is 13.2 Å². The number of hydrogen-bond donors (Lipinski definition) is 1. The smallest absolute Gasteiger partial charge is 0.233 e. The first-order valence-electron chi connectivity index (χ1n) is 8.68. The number of carbonyl (C=O) groups excluding carboxylic acids is 1. The largest absolute Gasteiger partial charge is 0.342 e. The average molecular weight is 414 g/mol. The lowest BCUT2D eigenvalue weighted by molar-refractivity contribution is -0.130. The molecule has 0 radical (unpaired) electrons. The number of benzene rings is 1. The summed E-state index contributed by atoms with van der Waals surface area (Å²) in [4.78, 5) is 18.9. The van der Waals surface area contributed by atoms with Crippen LogP contribution in [0, 0.1) is 5.92 Å². The van der Waals surface area contributed by atoms with Gasteiger partial charge in [-0.2, -0.15) is 0 Å². The number of rotatable bonds is 6. The van der Waals surface area contributed by atoms with Crippen molar-refractivity contribution in [2.45, 2.75) is 31.0 Å². The second-order valence-corrected chi connectivity index (χ2v) is 10.8. The predicted octanol–water partition coefficient (Wildman–Crippen LogP) is 3.41. The van der Waals surface area contributed by atoms with Gasteiger partial charge in [0.15, 0.2) is 4.34 Å². The standard InChI is InChI=1S/C17H23N3O3S3/c1-3-26(22,23)19-13-6-7-14-15(9-13)25-17(18-14)24-11-16(21)20-8-4-5-12(2)10-20/h6-7,9,12,19H,3-5,8,10-11H2,1-2H3/t12-/m0/s1. The van der Waals surface area contributed by atoms with Gasteiger partial charge in [-0.05, 0) is 43.9 Å². The zero-order valence-corrected chi connectivity index (χ0v) is 17.3. The van der Waals surface area contributed by atoms with Gasteiger partial charge in [0.05, 0.1) is 27.4 Å². The molecule has 1 atom stereocenters. The molecule has 3 rings (SSSR count). The fourth-order valence-electron chi connectivity index (χ4n) is 2.91. The van der Waals surface area contributed by atoms with Gasteiger partial charge >= 0.3 is 0 Å². The van der Waals surface area contributed by atoms with Crippen molar-refractivity contribution in [3.63, 3.8) is 0 Å². The zero-order valence-electron chi connectivity index (χ0n) is 14.9. The van der Waals surface area contributed by atoms with Gasteiger partial charge in [-0.3, -0.25) is 9.52 Å². The molecule has 1 saturated heterocycles. The van der Waals surface area contributed by atoms with E-state index in [1.807, 2.05) is 4.90 Å². The van der Waals surface area contributed by atoms with Crippen LogP contribution in [0.15, 0.2) is 22.5 Å². The topological polar surface area (TPSA) is 79.4 Å². The van der Waals surface area contributed by atoms with E-state index < -0.39 is 10.0 Å². The van der Waals surface area contributed by atoms with Crippen LogP contribution in [0.4, 0.5) is 5.69 Å². The number of piperidine rings is 1. The fraction of sp³-hybridized carbons (Fsp3) is 0.529. The minimum Gasteiger partial charge on any atom is -0.342 e. The van der Waals surface area contributed by atoms with Crippen LogP contribution in [-0.2, 0) is 14.8 Å². The third kappa shape index (κ3) is 4.89. The van der Waals surface area contributed by atoms with Crippen molar-refractivity contribution >= 4 is 54.9 Å². The van der Waals surface area contributed by atoms with Gasteiger partial charge in [0.2, 0.25) is 15.9 Å². The molecule has 0 bridgehead atoms. The molecule has 142 valence electrons. The van der Waals surface area contributed by atoms with Crippen LogP contribution in [0.5, 0.6) is 0 Å². The molecule has 0 spiro atoms. The van der Waals surface area contributed by atoms with E-state index in [-0.39, 0.29) is 11.7 Å².